The third-order valence-electron chi connectivity index (χ3n) is 4.05. The van der Waals surface area contributed by atoms with Gasteiger partial charge in [-0.25, -0.2) is 4.79 Å². The second-order valence-corrected chi connectivity index (χ2v) is 5.91. The number of benzene rings is 1. The van der Waals surface area contributed by atoms with Crippen molar-refractivity contribution < 1.29 is 14.3 Å². The van der Waals surface area contributed by atoms with E-state index in [-0.39, 0.29) is 17.3 Å². The minimum Gasteiger partial charge on any atom is -0.465 e. The van der Waals surface area contributed by atoms with Gasteiger partial charge in [0.15, 0.2) is 5.78 Å². The third-order valence-corrected chi connectivity index (χ3v) is 4.30. The maximum Gasteiger partial charge on any atom is 0.343 e. The molecular formula is C17H14ClNO4. The van der Waals surface area contributed by atoms with E-state index >= 15 is 0 Å². The summed E-state index contributed by atoms with van der Waals surface area (Å²) in [5.74, 6) is -0.874. The minimum absolute atomic E-state index is 0.0214. The first-order valence-corrected chi connectivity index (χ1v) is 7.50. The number of Topliss-reactive ketones (excluding diaryl/α,β-unsaturated/α-hetero) is 1. The number of rotatable bonds is 2. The number of ketones is 1. The summed E-state index contributed by atoms with van der Waals surface area (Å²) in [7, 11) is 1.19. The highest BCUT2D eigenvalue weighted by molar-refractivity contribution is 6.30. The van der Waals surface area contributed by atoms with Crippen molar-refractivity contribution in [1.29, 1.82) is 0 Å². The molecule has 6 heteroatoms. The summed E-state index contributed by atoms with van der Waals surface area (Å²) in [6.07, 6.45) is 0.848. The van der Waals surface area contributed by atoms with Gasteiger partial charge in [-0.05, 0) is 36.1 Å². The Bertz CT molecular complexity index is 839. The lowest BCUT2D eigenvalue weighted by molar-refractivity contribution is 0.0598. The topological polar surface area (TPSA) is 76.2 Å². The van der Waals surface area contributed by atoms with Crippen LogP contribution in [0.5, 0.6) is 0 Å². The SMILES string of the molecule is COC(=O)c1cc2c([nH]c1=O)C[C@H](c1ccc(Cl)cc1)CC2=O. The highest BCUT2D eigenvalue weighted by Crippen LogP contribution is 2.32. The van der Waals surface area contributed by atoms with E-state index in [1.165, 1.54) is 13.2 Å². The van der Waals surface area contributed by atoms with Crippen LogP contribution in [0.1, 0.15) is 44.3 Å². The van der Waals surface area contributed by atoms with Gasteiger partial charge < -0.3 is 9.72 Å². The quantitative estimate of drug-likeness (QED) is 0.858. The molecule has 0 spiro atoms. The number of aromatic amines is 1. The van der Waals surface area contributed by atoms with Gasteiger partial charge in [-0.15, -0.1) is 0 Å². The van der Waals surface area contributed by atoms with Crippen molar-refractivity contribution >= 4 is 23.4 Å². The van der Waals surface area contributed by atoms with Gasteiger partial charge in [0.1, 0.15) is 5.56 Å². The molecule has 0 bridgehead atoms. The molecule has 118 valence electrons. The monoisotopic (exact) mass is 331 g/mol. The summed E-state index contributed by atoms with van der Waals surface area (Å²) >= 11 is 5.88. The normalized spacial score (nSPS) is 16.8. The number of aromatic nitrogens is 1. The van der Waals surface area contributed by atoms with Gasteiger partial charge >= 0.3 is 5.97 Å². The Balaban J connectivity index is 1.99. The standard InChI is InChI=1S/C17H14ClNO4/c1-23-17(22)13-8-12-14(19-16(13)21)6-10(7-15(12)20)9-2-4-11(18)5-3-9/h2-5,8,10H,6-7H2,1H3,(H,19,21)/t10-/m0/s1. The summed E-state index contributed by atoms with van der Waals surface area (Å²) < 4.78 is 4.56. The Morgan fingerprint density at radius 2 is 1.91 bits per heavy atom. The second-order valence-electron chi connectivity index (χ2n) is 5.48. The Kier molecular flexibility index (Phi) is 4.05. The van der Waals surface area contributed by atoms with Crippen LogP contribution in [0.2, 0.25) is 5.02 Å². The first-order chi connectivity index (χ1) is 11.0. The largest absolute Gasteiger partial charge is 0.465 e. The fourth-order valence-electron chi connectivity index (χ4n) is 2.86. The van der Waals surface area contributed by atoms with Crippen molar-refractivity contribution in [2.75, 3.05) is 7.11 Å². The fraction of sp³-hybridized carbons (Fsp3) is 0.235. The highest BCUT2D eigenvalue weighted by Gasteiger charge is 2.28. The molecule has 1 aromatic heterocycles. The van der Waals surface area contributed by atoms with Crippen LogP contribution >= 0.6 is 11.6 Å². The maximum absolute atomic E-state index is 12.4. The van der Waals surface area contributed by atoms with Crippen LogP contribution in [0.3, 0.4) is 0 Å². The lowest BCUT2D eigenvalue weighted by atomic mass is 9.81. The number of H-pyrrole nitrogens is 1. The van der Waals surface area contributed by atoms with E-state index in [1.54, 1.807) is 12.1 Å². The Hall–Kier alpha value is -2.40. The predicted octanol–water partition coefficient (Wildman–Crippen LogP) is 2.73. The van der Waals surface area contributed by atoms with Gasteiger partial charge in [0.2, 0.25) is 0 Å². The van der Waals surface area contributed by atoms with Crippen LogP contribution < -0.4 is 5.56 Å². The molecule has 0 aliphatic heterocycles. The molecule has 0 saturated heterocycles. The summed E-state index contributed by atoms with van der Waals surface area (Å²) in [4.78, 5) is 38.6. The Morgan fingerprint density at radius 1 is 1.22 bits per heavy atom. The van der Waals surface area contributed by atoms with E-state index in [0.717, 1.165) is 5.56 Å². The van der Waals surface area contributed by atoms with Gasteiger partial charge in [0.25, 0.3) is 5.56 Å². The van der Waals surface area contributed by atoms with Crippen molar-refractivity contribution in [2.45, 2.75) is 18.8 Å². The number of methoxy groups -OCH3 is 1. The smallest absolute Gasteiger partial charge is 0.343 e. The van der Waals surface area contributed by atoms with E-state index in [9.17, 15) is 14.4 Å². The molecule has 2 aromatic rings. The zero-order chi connectivity index (χ0) is 16.6. The molecule has 3 rings (SSSR count). The highest BCUT2D eigenvalue weighted by atomic mass is 35.5. The Morgan fingerprint density at radius 3 is 2.57 bits per heavy atom. The average Bonchev–Trinajstić information content (AvgIpc) is 2.54. The number of esters is 1. The van der Waals surface area contributed by atoms with Crippen molar-refractivity contribution in [3.63, 3.8) is 0 Å². The first kappa shape index (κ1) is 15.5. The van der Waals surface area contributed by atoms with Crippen LogP contribution in [0, 0.1) is 0 Å². The second kappa shape index (κ2) is 6.01. The molecule has 0 radical (unpaired) electrons. The number of hydrogen-bond donors (Lipinski definition) is 1. The van der Waals surface area contributed by atoms with E-state index in [0.29, 0.717) is 29.1 Å². The molecule has 0 fully saturated rings. The van der Waals surface area contributed by atoms with Crippen LogP contribution in [0.4, 0.5) is 0 Å². The summed E-state index contributed by atoms with van der Waals surface area (Å²) in [6, 6.07) is 8.65. The molecule has 23 heavy (non-hydrogen) atoms. The molecule has 1 N–H and O–H groups in total. The minimum atomic E-state index is -0.748. The first-order valence-electron chi connectivity index (χ1n) is 7.12. The summed E-state index contributed by atoms with van der Waals surface area (Å²) in [5, 5.41) is 0.632. The van der Waals surface area contributed by atoms with Gasteiger partial charge in [-0.2, -0.15) is 0 Å². The zero-order valence-corrected chi connectivity index (χ0v) is 13.1. The molecule has 1 atom stereocenters. The van der Waals surface area contributed by atoms with Crippen molar-refractivity contribution in [2.24, 2.45) is 0 Å². The van der Waals surface area contributed by atoms with Crippen molar-refractivity contribution in [3.05, 3.63) is 68.1 Å². The van der Waals surface area contributed by atoms with Gasteiger partial charge in [0, 0.05) is 22.7 Å². The van der Waals surface area contributed by atoms with Crippen LogP contribution in [0.15, 0.2) is 35.1 Å². The number of fused-ring (bicyclic) bond motifs is 1. The predicted molar refractivity (Wildman–Crippen MR) is 85.2 cm³/mol. The van der Waals surface area contributed by atoms with Crippen LogP contribution in [-0.4, -0.2) is 23.8 Å². The molecule has 1 aliphatic carbocycles. The van der Waals surface area contributed by atoms with E-state index in [1.807, 2.05) is 12.1 Å². The average molecular weight is 332 g/mol. The summed E-state index contributed by atoms with van der Waals surface area (Å²) in [5.41, 5.74) is 1.24. The fourth-order valence-corrected chi connectivity index (χ4v) is 2.99. The lowest BCUT2D eigenvalue weighted by Crippen LogP contribution is -2.27. The van der Waals surface area contributed by atoms with Gasteiger partial charge in [0.05, 0.1) is 7.11 Å². The number of halogens is 1. The van der Waals surface area contributed by atoms with Gasteiger partial charge in [-0.1, -0.05) is 23.7 Å². The molecule has 0 saturated carbocycles. The van der Waals surface area contributed by atoms with Crippen LogP contribution in [0.25, 0.3) is 0 Å². The van der Waals surface area contributed by atoms with Gasteiger partial charge in [-0.3, -0.25) is 9.59 Å². The number of nitrogens with one attached hydrogen (secondary N) is 1. The zero-order valence-electron chi connectivity index (χ0n) is 12.4. The van der Waals surface area contributed by atoms with Crippen molar-refractivity contribution in [3.8, 4) is 0 Å². The molecule has 0 unspecified atom stereocenters. The van der Waals surface area contributed by atoms with Crippen LogP contribution in [-0.2, 0) is 11.2 Å². The lowest BCUT2D eigenvalue weighted by Gasteiger charge is -2.24. The Labute approximate surface area is 137 Å². The molecule has 1 aromatic carbocycles. The number of ether oxygens (including phenoxy) is 1. The number of hydrogen-bond acceptors (Lipinski definition) is 4. The molecule has 0 amide bonds. The van der Waals surface area contributed by atoms with E-state index in [4.69, 9.17) is 11.6 Å². The van der Waals surface area contributed by atoms with Crippen molar-refractivity contribution in [1.82, 2.24) is 4.98 Å². The molecule has 1 heterocycles. The third kappa shape index (κ3) is 2.92. The molecular weight excluding hydrogens is 318 g/mol. The van der Waals surface area contributed by atoms with E-state index < -0.39 is 11.5 Å². The summed E-state index contributed by atoms with van der Waals surface area (Å²) in [6.45, 7) is 0. The molecule has 1 aliphatic rings. The molecule has 5 nitrogen and oxygen atoms in total. The number of carbonyl (C=O) groups is 2. The number of carbonyl (C=O) groups excluding carboxylic acids is 2. The van der Waals surface area contributed by atoms with E-state index in [2.05, 4.69) is 9.72 Å². The number of pyridine rings is 1. The maximum atomic E-state index is 12.4.